The number of hydrogen-bond donors (Lipinski definition) is 2. The SMILES string of the molecule is Cc1ccc(CNC(=O)[C@@H]2CCCN(S(=O)(=O)c3ccc(-c4ccn[nH]4)o3)C2)cc1C. The second-order valence-electron chi connectivity index (χ2n) is 7.93. The molecule has 164 valence electrons. The summed E-state index contributed by atoms with van der Waals surface area (Å²) in [5.41, 5.74) is 4.01. The molecule has 4 rings (SSSR count). The number of furan rings is 1. The van der Waals surface area contributed by atoms with E-state index >= 15 is 0 Å². The van der Waals surface area contributed by atoms with E-state index in [1.54, 1.807) is 18.3 Å². The molecule has 2 aromatic heterocycles. The van der Waals surface area contributed by atoms with Gasteiger partial charge in [-0.15, -0.1) is 0 Å². The Morgan fingerprint density at radius 1 is 1.23 bits per heavy atom. The van der Waals surface area contributed by atoms with Crippen molar-refractivity contribution in [2.45, 2.75) is 38.3 Å². The molecule has 31 heavy (non-hydrogen) atoms. The Morgan fingerprint density at radius 2 is 2.06 bits per heavy atom. The minimum Gasteiger partial charge on any atom is -0.442 e. The largest absolute Gasteiger partial charge is 0.442 e. The van der Waals surface area contributed by atoms with E-state index in [0.717, 1.165) is 5.56 Å². The number of H-pyrrole nitrogens is 1. The van der Waals surface area contributed by atoms with Crippen LogP contribution in [0, 0.1) is 19.8 Å². The number of carbonyl (C=O) groups is 1. The Labute approximate surface area is 181 Å². The number of amides is 1. The fourth-order valence-electron chi connectivity index (χ4n) is 3.75. The van der Waals surface area contributed by atoms with Crippen LogP contribution in [0.25, 0.3) is 11.5 Å². The van der Waals surface area contributed by atoms with Gasteiger partial charge in [0.05, 0.1) is 5.92 Å². The molecular weight excluding hydrogens is 416 g/mol. The van der Waals surface area contributed by atoms with Crippen molar-refractivity contribution >= 4 is 15.9 Å². The smallest absolute Gasteiger partial charge is 0.276 e. The van der Waals surface area contributed by atoms with Crippen LogP contribution in [0.2, 0.25) is 0 Å². The molecule has 1 aliphatic heterocycles. The highest BCUT2D eigenvalue weighted by atomic mass is 32.2. The fraction of sp³-hybridized carbons (Fsp3) is 0.364. The summed E-state index contributed by atoms with van der Waals surface area (Å²) in [7, 11) is -3.82. The van der Waals surface area contributed by atoms with Gasteiger partial charge in [0.15, 0.2) is 5.76 Å². The Bertz CT molecular complexity index is 1170. The average Bonchev–Trinajstić information content (AvgIpc) is 3.46. The Kier molecular flexibility index (Phi) is 5.97. The van der Waals surface area contributed by atoms with Crippen molar-refractivity contribution < 1.29 is 17.6 Å². The molecule has 0 unspecified atom stereocenters. The van der Waals surface area contributed by atoms with Crippen LogP contribution < -0.4 is 5.32 Å². The molecule has 2 N–H and O–H groups in total. The quantitative estimate of drug-likeness (QED) is 0.610. The normalized spacial score (nSPS) is 17.5. The summed E-state index contributed by atoms with van der Waals surface area (Å²) in [6, 6.07) is 10.8. The van der Waals surface area contributed by atoms with Gasteiger partial charge in [0, 0.05) is 25.8 Å². The van der Waals surface area contributed by atoms with Crippen LogP contribution in [-0.4, -0.2) is 41.9 Å². The number of rotatable bonds is 6. The van der Waals surface area contributed by atoms with E-state index in [-0.39, 0.29) is 17.5 Å². The molecule has 0 aliphatic carbocycles. The number of sulfonamides is 1. The number of hydrogen-bond acceptors (Lipinski definition) is 5. The van der Waals surface area contributed by atoms with Gasteiger partial charge in [-0.1, -0.05) is 18.2 Å². The van der Waals surface area contributed by atoms with E-state index < -0.39 is 15.9 Å². The molecule has 0 radical (unpaired) electrons. The highest BCUT2D eigenvalue weighted by Crippen LogP contribution is 2.28. The van der Waals surface area contributed by atoms with Crippen LogP contribution in [0.1, 0.15) is 29.5 Å². The summed E-state index contributed by atoms with van der Waals surface area (Å²) in [6.07, 6.45) is 2.84. The second-order valence-corrected chi connectivity index (χ2v) is 9.80. The lowest BCUT2D eigenvalue weighted by atomic mass is 9.98. The molecule has 0 saturated carbocycles. The van der Waals surface area contributed by atoms with Gasteiger partial charge in [0.1, 0.15) is 5.69 Å². The van der Waals surface area contributed by atoms with Gasteiger partial charge in [-0.05, 0) is 61.6 Å². The maximum absolute atomic E-state index is 13.1. The highest BCUT2D eigenvalue weighted by Gasteiger charge is 2.35. The lowest BCUT2D eigenvalue weighted by Crippen LogP contribution is -2.45. The number of piperidine rings is 1. The molecule has 1 aromatic carbocycles. The number of aromatic nitrogens is 2. The molecule has 0 spiro atoms. The molecule has 1 saturated heterocycles. The first-order valence-corrected chi connectivity index (χ1v) is 11.7. The molecule has 3 heterocycles. The molecule has 1 aliphatic rings. The lowest BCUT2D eigenvalue weighted by molar-refractivity contribution is -0.126. The zero-order chi connectivity index (χ0) is 22.0. The van der Waals surface area contributed by atoms with E-state index in [0.29, 0.717) is 37.4 Å². The molecule has 0 bridgehead atoms. The fourth-order valence-corrected chi connectivity index (χ4v) is 5.18. The second kappa shape index (κ2) is 8.68. The maximum atomic E-state index is 13.1. The van der Waals surface area contributed by atoms with Crippen molar-refractivity contribution in [3.8, 4) is 11.5 Å². The summed E-state index contributed by atoms with van der Waals surface area (Å²) in [6.45, 7) is 5.02. The number of nitrogens with one attached hydrogen (secondary N) is 2. The molecular formula is C22H26N4O4S. The summed E-state index contributed by atoms with van der Waals surface area (Å²) in [4.78, 5) is 12.7. The first-order chi connectivity index (χ1) is 14.8. The molecule has 1 atom stereocenters. The predicted molar refractivity (Wildman–Crippen MR) is 116 cm³/mol. The van der Waals surface area contributed by atoms with Crippen molar-refractivity contribution in [3.63, 3.8) is 0 Å². The Morgan fingerprint density at radius 3 is 2.81 bits per heavy atom. The predicted octanol–water partition coefficient (Wildman–Crippen LogP) is 3.00. The molecule has 1 fully saturated rings. The van der Waals surface area contributed by atoms with Crippen LogP contribution in [0.15, 0.2) is 52.1 Å². The third-order valence-corrected chi connectivity index (χ3v) is 7.47. The van der Waals surface area contributed by atoms with E-state index in [1.807, 2.05) is 26.0 Å². The first-order valence-electron chi connectivity index (χ1n) is 10.3. The molecule has 9 heteroatoms. The molecule has 3 aromatic rings. The number of aryl methyl sites for hydroxylation is 2. The highest BCUT2D eigenvalue weighted by molar-refractivity contribution is 7.89. The van der Waals surface area contributed by atoms with Crippen molar-refractivity contribution in [2.24, 2.45) is 5.92 Å². The molecule has 1 amide bonds. The Hall–Kier alpha value is -2.91. The van der Waals surface area contributed by atoms with Gasteiger partial charge < -0.3 is 9.73 Å². The number of benzene rings is 1. The van der Waals surface area contributed by atoms with Crippen LogP contribution in [0.3, 0.4) is 0 Å². The van der Waals surface area contributed by atoms with Crippen molar-refractivity contribution in [3.05, 3.63) is 59.3 Å². The van der Waals surface area contributed by atoms with E-state index in [2.05, 4.69) is 21.6 Å². The molecule has 8 nitrogen and oxygen atoms in total. The Balaban J connectivity index is 1.41. The minimum absolute atomic E-state index is 0.129. The maximum Gasteiger partial charge on any atom is 0.276 e. The van der Waals surface area contributed by atoms with E-state index in [1.165, 1.54) is 21.5 Å². The number of aromatic amines is 1. The van der Waals surface area contributed by atoms with Gasteiger partial charge in [-0.2, -0.15) is 9.40 Å². The number of nitrogens with zero attached hydrogens (tertiary/aromatic N) is 2. The topological polar surface area (TPSA) is 108 Å². The summed E-state index contributed by atoms with van der Waals surface area (Å²) < 4.78 is 33.0. The van der Waals surface area contributed by atoms with Gasteiger partial charge in [0.25, 0.3) is 10.0 Å². The summed E-state index contributed by atoms with van der Waals surface area (Å²) >= 11 is 0. The third kappa shape index (κ3) is 4.57. The minimum atomic E-state index is -3.82. The first kappa shape index (κ1) is 21.3. The summed E-state index contributed by atoms with van der Waals surface area (Å²) in [5, 5.41) is 9.42. The van der Waals surface area contributed by atoms with Crippen molar-refractivity contribution in [2.75, 3.05) is 13.1 Å². The lowest BCUT2D eigenvalue weighted by Gasteiger charge is -2.30. The van der Waals surface area contributed by atoms with Gasteiger partial charge in [-0.3, -0.25) is 9.89 Å². The van der Waals surface area contributed by atoms with Crippen LogP contribution in [0.4, 0.5) is 0 Å². The van der Waals surface area contributed by atoms with Crippen LogP contribution in [0.5, 0.6) is 0 Å². The zero-order valence-electron chi connectivity index (χ0n) is 17.6. The van der Waals surface area contributed by atoms with Gasteiger partial charge in [0.2, 0.25) is 11.0 Å². The average molecular weight is 443 g/mol. The van der Waals surface area contributed by atoms with Gasteiger partial charge in [-0.25, -0.2) is 8.42 Å². The number of carbonyl (C=O) groups excluding carboxylic acids is 1. The monoisotopic (exact) mass is 442 g/mol. The van der Waals surface area contributed by atoms with Crippen molar-refractivity contribution in [1.82, 2.24) is 19.8 Å². The van der Waals surface area contributed by atoms with Crippen LogP contribution in [-0.2, 0) is 21.4 Å². The third-order valence-electron chi connectivity index (χ3n) is 5.73. The van der Waals surface area contributed by atoms with Crippen molar-refractivity contribution in [1.29, 1.82) is 0 Å². The summed E-state index contributed by atoms with van der Waals surface area (Å²) in [5.74, 6) is -0.122. The standard InChI is InChI=1S/C22H26N4O4S/c1-15-5-6-17(12-16(15)2)13-23-22(27)18-4-3-11-26(14-18)31(28,29)21-8-7-20(30-21)19-9-10-24-25-19/h5-10,12,18H,3-4,11,13-14H2,1-2H3,(H,23,27)(H,24,25)/t18-/m1/s1. The van der Waals surface area contributed by atoms with Crippen LogP contribution >= 0.6 is 0 Å². The zero-order valence-corrected chi connectivity index (χ0v) is 18.4. The van der Waals surface area contributed by atoms with E-state index in [9.17, 15) is 13.2 Å². The van der Waals surface area contributed by atoms with Gasteiger partial charge >= 0.3 is 0 Å². The van der Waals surface area contributed by atoms with E-state index in [4.69, 9.17) is 4.42 Å².